The molecule has 2 unspecified atom stereocenters. The van der Waals surface area contributed by atoms with Crippen LogP contribution in [0.25, 0.3) is 0 Å². The number of ether oxygens (including phenoxy) is 1. The van der Waals surface area contributed by atoms with Crippen molar-refractivity contribution < 1.29 is 24.0 Å². The third-order valence-corrected chi connectivity index (χ3v) is 9.44. The molecule has 5 aliphatic carbocycles. The van der Waals surface area contributed by atoms with E-state index in [4.69, 9.17) is 9.26 Å². The van der Waals surface area contributed by atoms with Crippen molar-refractivity contribution in [1.29, 1.82) is 0 Å². The van der Waals surface area contributed by atoms with Crippen LogP contribution in [0.2, 0.25) is 0 Å². The maximum atomic E-state index is 13.4. The van der Waals surface area contributed by atoms with Crippen molar-refractivity contribution in [2.75, 3.05) is 6.61 Å². The van der Waals surface area contributed by atoms with Gasteiger partial charge in [0.05, 0.1) is 11.1 Å². The Hall–Kier alpha value is -1.74. The molecule has 0 aliphatic heterocycles. The summed E-state index contributed by atoms with van der Waals surface area (Å²) in [6.07, 6.45) is 9.20. The first-order valence-corrected chi connectivity index (χ1v) is 13.6. The minimum absolute atomic E-state index is 0.0711. The van der Waals surface area contributed by atoms with Crippen molar-refractivity contribution >= 4 is 23.6 Å². The van der Waals surface area contributed by atoms with Crippen LogP contribution in [0, 0.1) is 17.8 Å². The summed E-state index contributed by atoms with van der Waals surface area (Å²) in [5, 5.41) is 21.5. The van der Waals surface area contributed by atoms with Gasteiger partial charge in [0, 0.05) is 18.2 Å². The molecule has 6 rings (SSSR count). The number of aromatic nitrogens is 1. The lowest BCUT2D eigenvalue weighted by atomic mass is 9.52. The standard InChI is InChI=1S/C25H37N3O5S/c1-14(29)27-24(2,3)13-32-23-21(34-18-6-4-5-7-18)20(33-28-23)22(30)26-19-16-8-15-9-17(19)12-25(31,10-15)11-16/h15-19,31H,4-13H2,1-3H3,(H,26,30)(H,27,29). The highest BCUT2D eigenvalue weighted by atomic mass is 32.2. The lowest BCUT2D eigenvalue weighted by Crippen LogP contribution is -2.61. The first-order chi connectivity index (χ1) is 16.1. The number of nitrogens with one attached hydrogen (secondary N) is 2. The second-order valence-electron chi connectivity index (χ2n) is 11.7. The Labute approximate surface area is 205 Å². The van der Waals surface area contributed by atoms with Crippen molar-refractivity contribution in [1.82, 2.24) is 15.8 Å². The molecule has 5 fully saturated rings. The fourth-order valence-electron chi connectivity index (χ4n) is 6.98. The normalized spacial score (nSPS) is 32.7. The maximum absolute atomic E-state index is 13.4. The highest BCUT2D eigenvalue weighted by Gasteiger charge is 2.55. The van der Waals surface area contributed by atoms with E-state index in [1.54, 1.807) is 11.8 Å². The summed E-state index contributed by atoms with van der Waals surface area (Å²) in [5.41, 5.74) is -1.11. The minimum Gasteiger partial charge on any atom is -0.472 e. The van der Waals surface area contributed by atoms with Crippen LogP contribution in [-0.2, 0) is 4.79 Å². The molecule has 5 saturated carbocycles. The number of amides is 2. The first kappa shape index (κ1) is 24.0. The van der Waals surface area contributed by atoms with Crippen LogP contribution in [-0.4, -0.2) is 51.1 Å². The number of nitrogens with zero attached hydrogens (tertiary/aromatic N) is 1. The Kier molecular flexibility index (Phi) is 6.38. The van der Waals surface area contributed by atoms with Crippen LogP contribution in [0.5, 0.6) is 5.88 Å². The molecule has 4 bridgehead atoms. The molecule has 9 heteroatoms. The number of aliphatic hydroxyl groups is 1. The molecule has 34 heavy (non-hydrogen) atoms. The quantitative estimate of drug-likeness (QED) is 0.508. The topological polar surface area (TPSA) is 114 Å². The predicted octanol–water partition coefficient (Wildman–Crippen LogP) is 3.67. The Morgan fingerprint density at radius 3 is 2.50 bits per heavy atom. The van der Waals surface area contributed by atoms with Crippen molar-refractivity contribution in [3.8, 4) is 5.88 Å². The minimum atomic E-state index is -0.580. The third kappa shape index (κ3) is 4.96. The summed E-state index contributed by atoms with van der Waals surface area (Å²) in [6.45, 7) is 5.45. The Balaban J connectivity index is 1.32. The maximum Gasteiger partial charge on any atom is 0.291 e. The average molecular weight is 492 g/mol. The molecular weight excluding hydrogens is 454 g/mol. The van der Waals surface area contributed by atoms with Gasteiger partial charge < -0.3 is 25.0 Å². The molecular formula is C25H37N3O5S. The summed E-state index contributed by atoms with van der Waals surface area (Å²) >= 11 is 1.62. The zero-order chi connectivity index (χ0) is 24.1. The molecule has 1 aromatic rings. The van der Waals surface area contributed by atoms with Gasteiger partial charge in [-0.3, -0.25) is 9.59 Å². The van der Waals surface area contributed by atoms with Crippen LogP contribution in [0.15, 0.2) is 9.42 Å². The molecule has 8 nitrogen and oxygen atoms in total. The highest BCUT2D eigenvalue weighted by Crippen LogP contribution is 2.55. The summed E-state index contributed by atoms with van der Waals surface area (Å²) in [7, 11) is 0. The molecule has 1 aromatic heterocycles. The second-order valence-corrected chi connectivity index (χ2v) is 13.0. The van der Waals surface area contributed by atoms with Crippen LogP contribution < -0.4 is 15.4 Å². The number of hydrogen-bond acceptors (Lipinski definition) is 7. The van der Waals surface area contributed by atoms with Crippen LogP contribution in [0.1, 0.15) is 89.1 Å². The average Bonchev–Trinajstić information content (AvgIpc) is 3.37. The van der Waals surface area contributed by atoms with E-state index < -0.39 is 11.1 Å². The van der Waals surface area contributed by atoms with E-state index in [0.717, 1.165) is 44.9 Å². The summed E-state index contributed by atoms with van der Waals surface area (Å²) in [5.74, 6) is 1.40. The lowest BCUT2D eigenvalue weighted by molar-refractivity contribution is -0.137. The fourth-order valence-corrected chi connectivity index (χ4v) is 8.31. The van der Waals surface area contributed by atoms with Gasteiger partial charge in [-0.25, -0.2) is 0 Å². The van der Waals surface area contributed by atoms with E-state index in [1.165, 1.54) is 19.8 Å². The number of rotatable bonds is 8. The SMILES string of the molecule is CC(=O)NC(C)(C)COc1noc(C(=O)NC2C3CC4CC2CC(O)(C4)C3)c1SC1CCCC1. The van der Waals surface area contributed by atoms with E-state index in [9.17, 15) is 14.7 Å². The summed E-state index contributed by atoms with van der Waals surface area (Å²) in [4.78, 5) is 25.6. The largest absolute Gasteiger partial charge is 0.472 e. The van der Waals surface area contributed by atoms with Crippen LogP contribution in [0.3, 0.4) is 0 Å². The van der Waals surface area contributed by atoms with Gasteiger partial charge in [-0.15, -0.1) is 11.8 Å². The molecule has 188 valence electrons. The van der Waals surface area contributed by atoms with Gasteiger partial charge >= 0.3 is 0 Å². The van der Waals surface area contributed by atoms with Gasteiger partial charge in [0.15, 0.2) is 0 Å². The molecule has 2 amide bonds. The molecule has 0 radical (unpaired) electrons. The smallest absolute Gasteiger partial charge is 0.291 e. The van der Waals surface area contributed by atoms with Gasteiger partial charge in [-0.05, 0) is 81.7 Å². The number of carbonyl (C=O) groups is 2. The predicted molar refractivity (Wildman–Crippen MR) is 128 cm³/mol. The molecule has 5 aliphatic rings. The van der Waals surface area contributed by atoms with Crippen molar-refractivity contribution in [2.24, 2.45) is 17.8 Å². The van der Waals surface area contributed by atoms with E-state index in [0.29, 0.717) is 33.8 Å². The fraction of sp³-hybridized carbons (Fsp3) is 0.800. The van der Waals surface area contributed by atoms with Gasteiger partial charge in [0.2, 0.25) is 11.7 Å². The van der Waals surface area contributed by atoms with Crippen molar-refractivity contribution in [3.63, 3.8) is 0 Å². The van der Waals surface area contributed by atoms with E-state index in [1.807, 2.05) is 13.8 Å². The summed E-state index contributed by atoms with van der Waals surface area (Å²) < 4.78 is 11.6. The van der Waals surface area contributed by atoms with Crippen LogP contribution in [0.4, 0.5) is 0 Å². The lowest BCUT2D eigenvalue weighted by Gasteiger charge is -2.58. The first-order valence-electron chi connectivity index (χ1n) is 12.7. The van der Waals surface area contributed by atoms with E-state index >= 15 is 0 Å². The van der Waals surface area contributed by atoms with Gasteiger partial charge in [-0.2, -0.15) is 0 Å². The molecule has 3 N–H and O–H groups in total. The molecule has 2 atom stereocenters. The number of thioether (sulfide) groups is 1. The summed E-state index contributed by atoms with van der Waals surface area (Å²) in [6, 6.07) is 0.0711. The van der Waals surface area contributed by atoms with E-state index in [2.05, 4.69) is 15.8 Å². The van der Waals surface area contributed by atoms with Gasteiger partial charge in [0.25, 0.3) is 11.8 Å². The Bertz CT molecular complexity index is 925. The Morgan fingerprint density at radius 1 is 1.21 bits per heavy atom. The van der Waals surface area contributed by atoms with Gasteiger partial charge in [-0.1, -0.05) is 12.8 Å². The van der Waals surface area contributed by atoms with Crippen molar-refractivity contribution in [2.45, 2.75) is 106 Å². The third-order valence-electron chi connectivity index (χ3n) is 8.04. The van der Waals surface area contributed by atoms with E-state index in [-0.39, 0.29) is 30.2 Å². The zero-order valence-corrected chi connectivity index (χ0v) is 21.2. The monoisotopic (exact) mass is 491 g/mol. The Morgan fingerprint density at radius 2 is 1.88 bits per heavy atom. The van der Waals surface area contributed by atoms with Crippen molar-refractivity contribution in [3.05, 3.63) is 5.76 Å². The number of hydrogen-bond donors (Lipinski definition) is 3. The molecule has 0 aromatic carbocycles. The highest BCUT2D eigenvalue weighted by molar-refractivity contribution is 8.00. The van der Waals surface area contributed by atoms with Crippen LogP contribution >= 0.6 is 11.8 Å². The molecule has 0 saturated heterocycles. The molecule has 0 spiro atoms. The second kappa shape index (κ2) is 9.04. The zero-order valence-electron chi connectivity index (χ0n) is 20.4. The number of carbonyl (C=O) groups excluding carboxylic acids is 2. The molecule has 1 heterocycles. The van der Waals surface area contributed by atoms with Gasteiger partial charge in [0.1, 0.15) is 11.5 Å².